The summed E-state index contributed by atoms with van der Waals surface area (Å²) >= 11 is 0. The van der Waals surface area contributed by atoms with Gasteiger partial charge in [0.15, 0.2) is 5.75 Å². The van der Waals surface area contributed by atoms with E-state index in [9.17, 15) is 4.79 Å². The molecule has 0 atom stereocenters. The molecule has 8 heteroatoms. The van der Waals surface area contributed by atoms with Gasteiger partial charge in [-0.05, 0) is 37.1 Å². The molecule has 5 rings (SSSR count). The number of anilines is 2. The first-order valence-corrected chi connectivity index (χ1v) is 10.9. The van der Waals surface area contributed by atoms with Crippen molar-refractivity contribution in [1.82, 2.24) is 19.5 Å². The molecule has 2 aromatic heterocycles. The number of carbonyl (C=O) groups excluding carboxylic acids is 1. The fraction of sp³-hybridized carbons (Fsp3) is 0.200. The number of ether oxygens (including phenoxy) is 1. The van der Waals surface area contributed by atoms with E-state index in [4.69, 9.17) is 4.74 Å². The van der Waals surface area contributed by atoms with Crippen molar-refractivity contribution in [3.05, 3.63) is 85.7 Å². The minimum absolute atomic E-state index is 0.0144. The standard InChI is InChI=1S/C25H24N6O2/c32-25(29-21-8-4-5-9-22(21)33-20-6-2-1-3-7-20)19-10-13-30(14-11-19)23-16-24(28-17-27-23)31-15-12-26-18-31/h1-9,12,15-19H,10-11,13-14H2,(H,29,32). The lowest BCUT2D eigenvalue weighted by Crippen LogP contribution is -2.38. The lowest BCUT2D eigenvalue weighted by molar-refractivity contribution is -0.120. The Morgan fingerprint density at radius 2 is 1.73 bits per heavy atom. The summed E-state index contributed by atoms with van der Waals surface area (Å²) in [7, 11) is 0. The highest BCUT2D eigenvalue weighted by atomic mass is 16.5. The molecule has 33 heavy (non-hydrogen) atoms. The van der Waals surface area contributed by atoms with Crippen LogP contribution in [-0.2, 0) is 4.79 Å². The highest BCUT2D eigenvalue weighted by molar-refractivity contribution is 5.94. The molecule has 1 fully saturated rings. The third-order valence-corrected chi connectivity index (χ3v) is 5.71. The minimum atomic E-state index is -0.0685. The molecular weight excluding hydrogens is 416 g/mol. The first-order chi connectivity index (χ1) is 16.3. The first-order valence-electron chi connectivity index (χ1n) is 10.9. The lowest BCUT2D eigenvalue weighted by atomic mass is 9.95. The average Bonchev–Trinajstić information content (AvgIpc) is 3.41. The molecule has 0 bridgehead atoms. The van der Waals surface area contributed by atoms with E-state index in [1.807, 2.05) is 71.4 Å². The van der Waals surface area contributed by atoms with Gasteiger partial charge >= 0.3 is 0 Å². The van der Waals surface area contributed by atoms with E-state index in [0.29, 0.717) is 11.4 Å². The van der Waals surface area contributed by atoms with Crippen LogP contribution in [0.1, 0.15) is 12.8 Å². The molecular formula is C25H24N6O2. The maximum absolute atomic E-state index is 13.0. The summed E-state index contributed by atoms with van der Waals surface area (Å²) in [5.41, 5.74) is 0.676. The zero-order chi connectivity index (χ0) is 22.5. The molecule has 166 valence electrons. The summed E-state index contributed by atoms with van der Waals surface area (Å²) in [5.74, 6) is 2.93. The van der Waals surface area contributed by atoms with Gasteiger partial charge in [0.1, 0.15) is 30.0 Å². The smallest absolute Gasteiger partial charge is 0.227 e. The molecule has 0 aliphatic carbocycles. The maximum Gasteiger partial charge on any atom is 0.227 e. The Labute approximate surface area is 191 Å². The van der Waals surface area contributed by atoms with E-state index >= 15 is 0 Å². The Hall–Kier alpha value is -4.20. The van der Waals surface area contributed by atoms with Crippen LogP contribution in [0.25, 0.3) is 5.82 Å². The fourth-order valence-electron chi connectivity index (χ4n) is 3.93. The van der Waals surface area contributed by atoms with Crippen LogP contribution in [0, 0.1) is 5.92 Å². The van der Waals surface area contributed by atoms with Crippen molar-refractivity contribution in [1.29, 1.82) is 0 Å². The van der Waals surface area contributed by atoms with Crippen LogP contribution in [0.5, 0.6) is 11.5 Å². The van der Waals surface area contributed by atoms with Gasteiger partial charge in [0.25, 0.3) is 0 Å². The summed E-state index contributed by atoms with van der Waals surface area (Å²) < 4.78 is 7.82. The molecule has 0 unspecified atom stereocenters. The number of piperidine rings is 1. The molecule has 1 amide bonds. The number of para-hydroxylation sites is 3. The van der Waals surface area contributed by atoms with Gasteiger partial charge < -0.3 is 15.0 Å². The number of imidazole rings is 1. The largest absolute Gasteiger partial charge is 0.455 e. The van der Waals surface area contributed by atoms with Gasteiger partial charge in [-0.3, -0.25) is 9.36 Å². The van der Waals surface area contributed by atoms with Crippen LogP contribution >= 0.6 is 0 Å². The van der Waals surface area contributed by atoms with Gasteiger partial charge in [-0.2, -0.15) is 0 Å². The van der Waals surface area contributed by atoms with E-state index in [1.165, 1.54) is 0 Å². The van der Waals surface area contributed by atoms with Gasteiger partial charge in [-0.25, -0.2) is 15.0 Å². The van der Waals surface area contributed by atoms with Crippen LogP contribution in [0.2, 0.25) is 0 Å². The lowest BCUT2D eigenvalue weighted by Gasteiger charge is -2.32. The molecule has 2 aromatic carbocycles. The number of amides is 1. The van der Waals surface area contributed by atoms with Crippen LogP contribution in [-0.4, -0.2) is 38.5 Å². The van der Waals surface area contributed by atoms with Crippen LogP contribution in [0.15, 0.2) is 85.7 Å². The van der Waals surface area contributed by atoms with Crippen LogP contribution in [0.4, 0.5) is 11.5 Å². The monoisotopic (exact) mass is 440 g/mol. The Bertz CT molecular complexity index is 1200. The topological polar surface area (TPSA) is 85.2 Å². The van der Waals surface area contributed by atoms with E-state index in [0.717, 1.165) is 43.3 Å². The number of nitrogens with zero attached hydrogens (tertiary/aromatic N) is 5. The molecule has 1 aliphatic heterocycles. The molecule has 8 nitrogen and oxygen atoms in total. The summed E-state index contributed by atoms with van der Waals surface area (Å²) in [6, 6.07) is 19.0. The van der Waals surface area contributed by atoms with E-state index in [-0.39, 0.29) is 11.8 Å². The van der Waals surface area contributed by atoms with Crippen molar-refractivity contribution in [3.63, 3.8) is 0 Å². The first kappa shape index (κ1) is 20.7. The fourth-order valence-corrected chi connectivity index (χ4v) is 3.93. The molecule has 1 saturated heterocycles. The molecule has 0 radical (unpaired) electrons. The summed E-state index contributed by atoms with van der Waals surface area (Å²) in [6.45, 7) is 1.50. The second-order valence-corrected chi connectivity index (χ2v) is 7.87. The van der Waals surface area contributed by atoms with Crippen LogP contribution < -0.4 is 15.0 Å². The Morgan fingerprint density at radius 3 is 2.52 bits per heavy atom. The zero-order valence-electron chi connectivity index (χ0n) is 18.0. The van der Waals surface area contributed by atoms with Crippen LogP contribution in [0.3, 0.4) is 0 Å². The number of aromatic nitrogens is 4. The number of hydrogen-bond donors (Lipinski definition) is 1. The third-order valence-electron chi connectivity index (χ3n) is 5.71. The predicted octanol–water partition coefficient (Wildman–Crippen LogP) is 4.31. The van der Waals surface area contributed by atoms with E-state index in [1.54, 1.807) is 18.9 Å². The van der Waals surface area contributed by atoms with Crippen molar-refractivity contribution in [2.24, 2.45) is 5.92 Å². The van der Waals surface area contributed by atoms with Crippen molar-refractivity contribution < 1.29 is 9.53 Å². The number of carbonyl (C=O) groups is 1. The highest BCUT2D eigenvalue weighted by Gasteiger charge is 2.26. The van der Waals surface area contributed by atoms with Crippen molar-refractivity contribution in [2.75, 3.05) is 23.3 Å². The maximum atomic E-state index is 13.0. The molecule has 1 aliphatic rings. The van der Waals surface area contributed by atoms with Gasteiger partial charge in [-0.1, -0.05) is 30.3 Å². The molecule has 0 saturated carbocycles. The normalized spacial score (nSPS) is 14.1. The zero-order valence-corrected chi connectivity index (χ0v) is 18.0. The predicted molar refractivity (Wildman–Crippen MR) is 126 cm³/mol. The molecule has 4 aromatic rings. The van der Waals surface area contributed by atoms with Gasteiger partial charge in [0, 0.05) is 37.5 Å². The Balaban J connectivity index is 1.21. The highest BCUT2D eigenvalue weighted by Crippen LogP contribution is 2.30. The second-order valence-electron chi connectivity index (χ2n) is 7.87. The third kappa shape index (κ3) is 4.85. The van der Waals surface area contributed by atoms with Crippen molar-refractivity contribution >= 4 is 17.4 Å². The van der Waals surface area contributed by atoms with Gasteiger partial charge in [0.2, 0.25) is 5.91 Å². The number of rotatable bonds is 6. The molecule has 3 heterocycles. The average molecular weight is 441 g/mol. The quantitative estimate of drug-likeness (QED) is 0.481. The number of hydrogen-bond acceptors (Lipinski definition) is 6. The number of nitrogens with one attached hydrogen (secondary N) is 1. The Kier molecular flexibility index (Phi) is 5.97. The second kappa shape index (κ2) is 9.52. The number of benzene rings is 2. The van der Waals surface area contributed by atoms with E-state index in [2.05, 4.69) is 25.2 Å². The van der Waals surface area contributed by atoms with E-state index < -0.39 is 0 Å². The van der Waals surface area contributed by atoms with Crippen molar-refractivity contribution in [2.45, 2.75) is 12.8 Å². The summed E-state index contributed by atoms with van der Waals surface area (Å²) in [6.07, 6.45) is 8.34. The Morgan fingerprint density at radius 1 is 0.970 bits per heavy atom. The summed E-state index contributed by atoms with van der Waals surface area (Å²) in [5, 5.41) is 3.06. The molecule has 0 spiro atoms. The SMILES string of the molecule is O=C(Nc1ccccc1Oc1ccccc1)C1CCN(c2cc(-n3ccnc3)ncn2)CC1. The van der Waals surface area contributed by atoms with Gasteiger partial charge in [-0.15, -0.1) is 0 Å². The van der Waals surface area contributed by atoms with Crippen molar-refractivity contribution in [3.8, 4) is 17.3 Å². The van der Waals surface area contributed by atoms with Gasteiger partial charge in [0.05, 0.1) is 5.69 Å². The molecule has 1 N–H and O–H groups in total. The minimum Gasteiger partial charge on any atom is -0.455 e. The summed E-state index contributed by atoms with van der Waals surface area (Å²) in [4.78, 5) is 28.0.